The van der Waals surface area contributed by atoms with Gasteiger partial charge in [0.05, 0.1) is 5.69 Å². The predicted molar refractivity (Wildman–Crippen MR) is 72.8 cm³/mol. The van der Waals surface area contributed by atoms with Crippen molar-refractivity contribution in [1.82, 2.24) is 9.59 Å². The van der Waals surface area contributed by atoms with Crippen LogP contribution in [0.3, 0.4) is 0 Å². The van der Waals surface area contributed by atoms with Crippen molar-refractivity contribution in [2.24, 2.45) is 0 Å². The highest BCUT2D eigenvalue weighted by molar-refractivity contribution is 7.90. The quantitative estimate of drug-likeness (QED) is 0.637. The Hall–Kier alpha value is -1.93. The van der Waals surface area contributed by atoms with Crippen molar-refractivity contribution < 1.29 is 17.6 Å². The number of hydrogen-bond donors (Lipinski definition) is 0. The van der Waals surface area contributed by atoms with Gasteiger partial charge in [0.15, 0.2) is 15.6 Å². The first-order chi connectivity index (χ1) is 9.38. The molecule has 2 rings (SSSR count). The minimum absolute atomic E-state index is 0.0642. The Bertz CT molecular complexity index is 768. The summed E-state index contributed by atoms with van der Waals surface area (Å²) < 4.78 is 39.8. The lowest BCUT2D eigenvalue weighted by Crippen LogP contribution is -2.03. The predicted octanol–water partition coefficient (Wildman–Crippen LogP) is 1.98. The minimum Gasteiger partial charge on any atom is -0.289 e. The lowest BCUT2D eigenvalue weighted by molar-refractivity contribution is 0.104. The molecule has 20 heavy (non-hydrogen) atoms. The first-order valence-electron chi connectivity index (χ1n) is 5.37. The molecular weight excluding hydrogens is 303 g/mol. The number of ketones is 1. The number of carbonyl (C=O) groups excluding carboxylic acids is 1. The van der Waals surface area contributed by atoms with Gasteiger partial charge in [-0.2, -0.15) is 0 Å². The number of halogens is 1. The maximum absolute atomic E-state index is 13.6. The topological polar surface area (TPSA) is 77.0 Å². The van der Waals surface area contributed by atoms with Crippen LogP contribution in [0.2, 0.25) is 0 Å². The van der Waals surface area contributed by atoms with Crippen LogP contribution in [0.15, 0.2) is 34.6 Å². The van der Waals surface area contributed by atoms with Crippen LogP contribution >= 0.6 is 11.5 Å². The molecule has 0 aliphatic rings. The molecule has 2 aromatic rings. The van der Waals surface area contributed by atoms with Crippen LogP contribution in [-0.2, 0) is 9.84 Å². The van der Waals surface area contributed by atoms with E-state index in [0.717, 1.165) is 29.9 Å². The molecule has 0 saturated heterocycles. The average molecular weight is 312 g/mol. The molecule has 0 amide bonds. The molecule has 0 aliphatic carbocycles. The summed E-state index contributed by atoms with van der Waals surface area (Å²) in [5.41, 5.74) is 0.589. The zero-order valence-corrected chi connectivity index (χ0v) is 11.9. The van der Waals surface area contributed by atoms with E-state index in [-0.39, 0.29) is 5.56 Å². The number of sulfone groups is 1. The standard InChI is InChI=1S/C12H9FN2O3S2/c1-20(17,18)12-5-2-8(6-10(12)13)11(16)4-3-9-7-19-15-14-9/h2-7H,1H3. The second-order valence-corrected chi connectivity index (χ2v) is 6.54. The largest absolute Gasteiger partial charge is 0.289 e. The number of nitrogens with zero attached hydrogens (tertiary/aromatic N) is 2. The van der Waals surface area contributed by atoms with Crippen LogP contribution in [0.4, 0.5) is 4.39 Å². The summed E-state index contributed by atoms with van der Waals surface area (Å²) in [6.07, 6.45) is 3.59. The monoisotopic (exact) mass is 312 g/mol. The van der Waals surface area contributed by atoms with E-state index in [4.69, 9.17) is 0 Å². The highest BCUT2D eigenvalue weighted by Gasteiger charge is 2.15. The van der Waals surface area contributed by atoms with Gasteiger partial charge in [-0.25, -0.2) is 12.8 Å². The highest BCUT2D eigenvalue weighted by atomic mass is 32.2. The third kappa shape index (κ3) is 3.34. The Morgan fingerprint density at radius 2 is 2.15 bits per heavy atom. The Labute approximate surface area is 118 Å². The normalized spacial score (nSPS) is 11.9. The number of rotatable bonds is 4. The molecule has 1 heterocycles. The lowest BCUT2D eigenvalue weighted by Gasteiger charge is -2.02. The van der Waals surface area contributed by atoms with Gasteiger partial charge in [-0.15, -0.1) is 5.10 Å². The smallest absolute Gasteiger partial charge is 0.186 e. The Balaban J connectivity index is 2.26. The van der Waals surface area contributed by atoms with E-state index in [1.807, 2.05) is 0 Å². The molecule has 1 aromatic carbocycles. The van der Waals surface area contributed by atoms with Gasteiger partial charge < -0.3 is 0 Å². The molecule has 5 nitrogen and oxygen atoms in total. The fourth-order valence-electron chi connectivity index (χ4n) is 1.46. The van der Waals surface area contributed by atoms with Crippen LogP contribution in [-0.4, -0.2) is 30.0 Å². The van der Waals surface area contributed by atoms with Crippen LogP contribution in [0.25, 0.3) is 6.08 Å². The number of allylic oxidation sites excluding steroid dienone is 1. The average Bonchev–Trinajstić information content (AvgIpc) is 2.87. The SMILES string of the molecule is CS(=O)(=O)c1ccc(C(=O)C=Cc2csnn2)cc1F. The van der Waals surface area contributed by atoms with Gasteiger partial charge in [-0.05, 0) is 41.9 Å². The van der Waals surface area contributed by atoms with Crippen LogP contribution in [0, 0.1) is 5.82 Å². The maximum Gasteiger partial charge on any atom is 0.186 e. The third-order valence-electron chi connectivity index (χ3n) is 2.40. The number of carbonyl (C=O) groups is 1. The maximum atomic E-state index is 13.6. The third-order valence-corrected chi connectivity index (χ3v) is 4.05. The molecule has 0 unspecified atom stereocenters. The number of hydrogen-bond acceptors (Lipinski definition) is 6. The lowest BCUT2D eigenvalue weighted by atomic mass is 10.1. The molecule has 0 aliphatic heterocycles. The summed E-state index contributed by atoms with van der Waals surface area (Å²) in [7, 11) is -3.64. The Kier molecular flexibility index (Phi) is 4.05. The van der Waals surface area contributed by atoms with E-state index in [2.05, 4.69) is 9.59 Å². The Morgan fingerprint density at radius 3 is 2.70 bits per heavy atom. The van der Waals surface area contributed by atoms with Gasteiger partial charge in [-0.3, -0.25) is 4.79 Å². The van der Waals surface area contributed by atoms with Crippen LogP contribution in [0.5, 0.6) is 0 Å². The van der Waals surface area contributed by atoms with Gasteiger partial charge >= 0.3 is 0 Å². The molecule has 104 valence electrons. The van der Waals surface area contributed by atoms with Crippen molar-refractivity contribution in [1.29, 1.82) is 0 Å². The summed E-state index contributed by atoms with van der Waals surface area (Å²) >= 11 is 1.14. The summed E-state index contributed by atoms with van der Waals surface area (Å²) in [5.74, 6) is -1.39. The zero-order chi connectivity index (χ0) is 14.8. The molecule has 0 bridgehead atoms. The van der Waals surface area contributed by atoms with Crippen molar-refractivity contribution in [3.05, 3.63) is 46.7 Å². The van der Waals surface area contributed by atoms with Crippen LogP contribution in [0.1, 0.15) is 16.1 Å². The highest BCUT2D eigenvalue weighted by Crippen LogP contribution is 2.16. The summed E-state index contributed by atoms with van der Waals surface area (Å²) in [6.45, 7) is 0. The van der Waals surface area contributed by atoms with Gasteiger partial charge in [0.1, 0.15) is 10.7 Å². The summed E-state index contributed by atoms with van der Waals surface area (Å²) in [6, 6.07) is 3.25. The van der Waals surface area contributed by atoms with Crippen LogP contribution < -0.4 is 0 Å². The fraction of sp³-hybridized carbons (Fsp3) is 0.0833. The van der Waals surface area contributed by atoms with E-state index in [1.54, 1.807) is 5.38 Å². The molecule has 0 saturated carbocycles. The van der Waals surface area contributed by atoms with Gasteiger partial charge in [0, 0.05) is 17.2 Å². The Morgan fingerprint density at radius 1 is 1.40 bits per heavy atom. The molecule has 0 radical (unpaired) electrons. The number of aromatic nitrogens is 2. The molecular formula is C12H9FN2O3S2. The first-order valence-corrected chi connectivity index (χ1v) is 8.10. The minimum atomic E-state index is -3.64. The molecule has 0 N–H and O–H groups in total. The van der Waals surface area contributed by atoms with E-state index in [9.17, 15) is 17.6 Å². The molecule has 0 atom stereocenters. The molecule has 8 heteroatoms. The van der Waals surface area contributed by atoms with Crippen molar-refractivity contribution in [2.75, 3.05) is 6.26 Å². The van der Waals surface area contributed by atoms with E-state index in [0.29, 0.717) is 5.69 Å². The summed E-state index contributed by atoms with van der Waals surface area (Å²) in [4.78, 5) is 11.4. The zero-order valence-electron chi connectivity index (χ0n) is 10.3. The van der Waals surface area contributed by atoms with Crippen molar-refractivity contribution >= 4 is 33.2 Å². The van der Waals surface area contributed by atoms with Crippen molar-refractivity contribution in [3.8, 4) is 0 Å². The molecule has 1 aromatic heterocycles. The van der Waals surface area contributed by atoms with Crippen molar-refractivity contribution in [2.45, 2.75) is 4.90 Å². The van der Waals surface area contributed by atoms with E-state index >= 15 is 0 Å². The first kappa shape index (κ1) is 14.5. The fourth-order valence-corrected chi connectivity index (χ4v) is 2.61. The number of benzene rings is 1. The molecule has 0 fully saturated rings. The second kappa shape index (κ2) is 5.59. The van der Waals surface area contributed by atoms with Gasteiger partial charge in [-0.1, -0.05) is 4.49 Å². The van der Waals surface area contributed by atoms with E-state index in [1.165, 1.54) is 18.2 Å². The van der Waals surface area contributed by atoms with Crippen molar-refractivity contribution in [3.63, 3.8) is 0 Å². The van der Waals surface area contributed by atoms with Gasteiger partial charge in [0.2, 0.25) is 0 Å². The van der Waals surface area contributed by atoms with E-state index < -0.39 is 26.3 Å². The van der Waals surface area contributed by atoms with Gasteiger partial charge in [0.25, 0.3) is 0 Å². The molecule has 0 spiro atoms. The second-order valence-electron chi connectivity index (χ2n) is 3.94. The summed E-state index contributed by atoms with van der Waals surface area (Å²) in [5, 5.41) is 5.37.